The van der Waals surface area contributed by atoms with E-state index in [0.717, 1.165) is 11.4 Å². The van der Waals surface area contributed by atoms with Crippen LogP contribution >= 0.6 is 0 Å². The number of aryl methyl sites for hydroxylation is 1. The molecule has 0 spiro atoms. The first-order chi connectivity index (χ1) is 8.79. The molecule has 1 aromatic heterocycles. The number of nitrogens with one attached hydrogen (secondary N) is 1. The van der Waals surface area contributed by atoms with Crippen molar-refractivity contribution in [3.05, 3.63) is 30.0 Å². The average molecular weight is 244 g/mol. The number of aromatic nitrogens is 2. The van der Waals surface area contributed by atoms with Gasteiger partial charge in [-0.15, -0.1) is 0 Å². The van der Waals surface area contributed by atoms with Gasteiger partial charge in [-0.3, -0.25) is 5.10 Å². The zero-order chi connectivity index (χ0) is 12.8. The largest absolute Gasteiger partial charge is 0.278 e. The van der Waals surface area contributed by atoms with Crippen molar-refractivity contribution in [1.29, 1.82) is 0 Å². The zero-order valence-corrected chi connectivity index (χ0v) is 11.6. The maximum Gasteiger partial charge on any atom is 0.0650 e. The van der Waals surface area contributed by atoms with E-state index in [4.69, 9.17) is 0 Å². The highest BCUT2D eigenvalue weighted by atomic mass is 15.1. The number of nitrogens with zero attached hydrogens (tertiary/aromatic N) is 1. The van der Waals surface area contributed by atoms with E-state index >= 15 is 0 Å². The van der Waals surface area contributed by atoms with Crippen molar-refractivity contribution in [3.8, 4) is 0 Å². The molecule has 0 unspecified atom stereocenters. The van der Waals surface area contributed by atoms with Crippen molar-refractivity contribution in [1.82, 2.24) is 10.2 Å². The standard InChI is InChI=1S/C8H8N2.C8H16/c1-6-2-3-8-7(4-6)5-9-10-8;1-2-8-6-4-3-5-7-8/h2-5H,1H3,(H,9,10);8H,2-7H2,1H3. The Bertz CT molecular complexity index is 467. The third-order valence-corrected chi connectivity index (χ3v) is 3.90. The molecule has 3 rings (SSSR count). The fourth-order valence-corrected chi connectivity index (χ4v) is 2.66. The highest BCUT2D eigenvalue weighted by molar-refractivity contribution is 5.78. The molecule has 0 atom stereocenters. The number of hydrogen-bond acceptors (Lipinski definition) is 1. The summed E-state index contributed by atoms with van der Waals surface area (Å²) in [5.41, 5.74) is 2.37. The number of H-pyrrole nitrogens is 1. The van der Waals surface area contributed by atoms with Gasteiger partial charge in [0.1, 0.15) is 0 Å². The molecule has 1 aliphatic rings. The molecule has 1 aromatic carbocycles. The Hall–Kier alpha value is -1.31. The predicted octanol–water partition coefficient (Wildman–Crippen LogP) is 4.85. The molecular weight excluding hydrogens is 220 g/mol. The van der Waals surface area contributed by atoms with Gasteiger partial charge in [0.25, 0.3) is 0 Å². The van der Waals surface area contributed by atoms with E-state index in [9.17, 15) is 0 Å². The van der Waals surface area contributed by atoms with E-state index in [1.165, 1.54) is 49.5 Å². The SMILES string of the molecule is CCC1CCCCC1.Cc1ccc2[nH]ncc2c1. The van der Waals surface area contributed by atoms with E-state index in [1.54, 1.807) is 0 Å². The first-order valence-electron chi connectivity index (χ1n) is 7.19. The first kappa shape index (κ1) is 13.1. The fraction of sp³-hybridized carbons (Fsp3) is 0.562. The molecule has 2 aromatic rings. The zero-order valence-electron chi connectivity index (χ0n) is 11.6. The molecule has 2 nitrogen and oxygen atoms in total. The van der Waals surface area contributed by atoms with Gasteiger partial charge in [0.2, 0.25) is 0 Å². The minimum absolute atomic E-state index is 1.09. The molecule has 1 N–H and O–H groups in total. The van der Waals surface area contributed by atoms with Gasteiger partial charge in [0.05, 0.1) is 11.7 Å². The van der Waals surface area contributed by atoms with E-state index in [1.807, 2.05) is 12.3 Å². The second kappa shape index (κ2) is 6.58. The van der Waals surface area contributed by atoms with Gasteiger partial charge in [0.15, 0.2) is 0 Å². The molecule has 1 fully saturated rings. The third-order valence-electron chi connectivity index (χ3n) is 3.90. The smallest absolute Gasteiger partial charge is 0.0650 e. The lowest BCUT2D eigenvalue weighted by molar-refractivity contribution is 0.349. The molecule has 0 aliphatic heterocycles. The minimum atomic E-state index is 1.09. The molecular formula is C16H24N2. The van der Waals surface area contributed by atoms with Gasteiger partial charge in [0, 0.05) is 5.39 Å². The number of aromatic amines is 1. The van der Waals surface area contributed by atoms with Crippen molar-refractivity contribution in [2.45, 2.75) is 52.4 Å². The van der Waals surface area contributed by atoms with Crippen molar-refractivity contribution in [2.24, 2.45) is 5.92 Å². The normalized spacial score (nSPS) is 16.3. The number of fused-ring (bicyclic) bond motifs is 1. The van der Waals surface area contributed by atoms with Gasteiger partial charge in [-0.1, -0.05) is 57.1 Å². The molecule has 0 saturated heterocycles. The highest BCUT2D eigenvalue weighted by Gasteiger charge is 2.09. The van der Waals surface area contributed by atoms with Crippen LogP contribution in [0.25, 0.3) is 10.9 Å². The fourth-order valence-electron chi connectivity index (χ4n) is 2.66. The molecule has 2 heteroatoms. The Morgan fingerprint density at radius 3 is 2.67 bits per heavy atom. The summed E-state index contributed by atoms with van der Waals surface area (Å²) < 4.78 is 0. The molecule has 1 aliphatic carbocycles. The monoisotopic (exact) mass is 244 g/mol. The summed E-state index contributed by atoms with van der Waals surface area (Å²) in [5.74, 6) is 1.09. The Balaban J connectivity index is 0.000000138. The summed E-state index contributed by atoms with van der Waals surface area (Å²) in [7, 11) is 0. The van der Waals surface area contributed by atoms with E-state index in [-0.39, 0.29) is 0 Å². The molecule has 0 radical (unpaired) electrons. The topological polar surface area (TPSA) is 28.7 Å². The lowest BCUT2D eigenvalue weighted by atomic mass is 9.88. The maximum atomic E-state index is 3.92. The minimum Gasteiger partial charge on any atom is -0.278 e. The van der Waals surface area contributed by atoms with Crippen LogP contribution in [-0.4, -0.2) is 10.2 Å². The van der Waals surface area contributed by atoms with Crippen LogP contribution < -0.4 is 0 Å². The number of rotatable bonds is 1. The van der Waals surface area contributed by atoms with Crippen LogP contribution in [0.3, 0.4) is 0 Å². The molecule has 98 valence electrons. The predicted molar refractivity (Wildman–Crippen MR) is 77.7 cm³/mol. The van der Waals surface area contributed by atoms with Crippen LogP contribution in [0.1, 0.15) is 51.0 Å². The second-order valence-corrected chi connectivity index (χ2v) is 5.37. The van der Waals surface area contributed by atoms with Crippen LogP contribution in [0, 0.1) is 12.8 Å². The van der Waals surface area contributed by atoms with Crippen molar-refractivity contribution in [3.63, 3.8) is 0 Å². The van der Waals surface area contributed by atoms with Crippen LogP contribution in [0.15, 0.2) is 24.4 Å². The van der Waals surface area contributed by atoms with E-state index in [0.29, 0.717) is 0 Å². The third kappa shape index (κ3) is 3.59. The molecule has 1 heterocycles. The Morgan fingerprint density at radius 2 is 2.00 bits per heavy atom. The Labute approximate surface area is 110 Å². The van der Waals surface area contributed by atoms with Crippen LogP contribution in [0.5, 0.6) is 0 Å². The van der Waals surface area contributed by atoms with Gasteiger partial charge in [-0.2, -0.15) is 5.10 Å². The Morgan fingerprint density at radius 1 is 1.22 bits per heavy atom. The summed E-state index contributed by atoms with van der Waals surface area (Å²) in [5, 5.41) is 7.99. The molecule has 18 heavy (non-hydrogen) atoms. The van der Waals surface area contributed by atoms with Gasteiger partial charge >= 0.3 is 0 Å². The van der Waals surface area contributed by atoms with Gasteiger partial charge in [-0.25, -0.2) is 0 Å². The van der Waals surface area contributed by atoms with E-state index in [2.05, 4.69) is 36.2 Å². The molecule has 0 amide bonds. The number of benzene rings is 1. The summed E-state index contributed by atoms with van der Waals surface area (Å²) in [6, 6.07) is 6.22. The van der Waals surface area contributed by atoms with Gasteiger partial charge in [-0.05, 0) is 25.0 Å². The van der Waals surface area contributed by atoms with Gasteiger partial charge < -0.3 is 0 Å². The first-order valence-corrected chi connectivity index (χ1v) is 7.19. The summed E-state index contributed by atoms with van der Waals surface area (Å²) >= 11 is 0. The summed E-state index contributed by atoms with van der Waals surface area (Å²) in [4.78, 5) is 0. The second-order valence-electron chi connectivity index (χ2n) is 5.37. The lowest BCUT2D eigenvalue weighted by Crippen LogP contribution is -2.03. The summed E-state index contributed by atoms with van der Waals surface area (Å²) in [6.07, 6.45) is 10.8. The van der Waals surface area contributed by atoms with E-state index < -0.39 is 0 Å². The van der Waals surface area contributed by atoms with Crippen LogP contribution in [0.4, 0.5) is 0 Å². The quantitative estimate of drug-likeness (QED) is 0.763. The number of hydrogen-bond donors (Lipinski definition) is 1. The summed E-state index contributed by atoms with van der Waals surface area (Å²) in [6.45, 7) is 4.39. The van der Waals surface area contributed by atoms with Crippen molar-refractivity contribution in [2.75, 3.05) is 0 Å². The Kier molecular flexibility index (Phi) is 4.80. The van der Waals surface area contributed by atoms with Crippen LogP contribution in [0.2, 0.25) is 0 Å². The van der Waals surface area contributed by atoms with Crippen molar-refractivity contribution < 1.29 is 0 Å². The molecule has 1 saturated carbocycles. The average Bonchev–Trinajstić information content (AvgIpc) is 2.87. The van der Waals surface area contributed by atoms with Crippen molar-refractivity contribution >= 4 is 10.9 Å². The maximum absolute atomic E-state index is 3.92. The molecule has 0 bridgehead atoms. The lowest BCUT2D eigenvalue weighted by Gasteiger charge is -2.18. The highest BCUT2D eigenvalue weighted by Crippen LogP contribution is 2.25. The van der Waals surface area contributed by atoms with Crippen LogP contribution in [-0.2, 0) is 0 Å².